The lowest BCUT2D eigenvalue weighted by molar-refractivity contribution is -0.138. The fraction of sp³-hybridized carbons (Fsp3) is 0.346. The molecular weight excluding hydrogens is 478 g/mol. The van der Waals surface area contributed by atoms with Gasteiger partial charge in [0.15, 0.2) is 0 Å². The Morgan fingerprint density at radius 1 is 1.08 bits per heavy atom. The van der Waals surface area contributed by atoms with E-state index >= 15 is 0 Å². The number of likely N-dealkylation sites (tertiary alicyclic amines) is 1. The number of ether oxygens (including phenoxy) is 1. The molecule has 0 radical (unpaired) electrons. The Kier molecular flexibility index (Phi) is 9.73. The minimum Gasteiger partial charge on any atom is -0.480 e. The first-order valence-corrected chi connectivity index (χ1v) is 12.0. The summed E-state index contributed by atoms with van der Waals surface area (Å²) in [7, 11) is 0. The number of aliphatic imine (C=N–C) groups is 1. The van der Waals surface area contributed by atoms with Crippen LogP contribution in [0.2, 0.25) is 0 Å². The number of nitrogens with zero attached hydrogens (tertiary/aromatic N) is 3. The lowest BCUT2D eigenvalue weighted by Crippen LogP contribution is -2.46. The molecule has 1 aliphatic heterocycles. The molecule has 1 aliphatic rings. The van der Waals surface area contributed by atoms with Gasteiger partial charge >= 0.3 is 12.1 Å². The van der Waals surface area contributed by atoms with Crippen molar-refractivity contribution in [2.75, 3.05) is 13.1 Å². The molecule has 5 N–H and O–H groups in total. The van der Waals surface area contributed by atoms with Gasteiger partial charge in [0.05, 0.1) is 0 Å². The average Bonchev–Trinajstić information content (AvgIpc) is 3.40. The zero-order valence-electron chi connectivity index (χ0n) is 20.4. The summed E-state index contributed by atoms with van der Waals surface area (Å²) in [5.74, 6) is -2.50. The van der Waals surface area contributed by atoms with E-state index in [1.807, 2.05) is 6.07 Å². The van der Waals surface area contributed by atoms with Crippen molar-refractivity contribution in [3.8, 4) is 0 Å². The number of carbonyl (C=O) groups excluding carboxylic acids is 3. The maximum absolute atomic E-state index is 13.0. The largest absolute Gasteiger partial charge is 0.480 e. The van der Waals surface area contributed by atoms with Gasteiger partial charge in [-0.1, -0.05) is 48.5 Å². The second kappa shape index (κ2) is 13.2. The topological polar surface area (TPSA) is 169 Å². The van der Waals surface area contributed by atoms with E-state index in [-0.39, 0.29) is 31.9 Å². The van der Waals surface area contributed by atoms with E-state index in [1.54, 1.807) is 54.6 Å². The minimum absolute atomic E-state index is 0.0337. The molecule has 196 valence electrons. The molecule has 11 nitrogen and oxygen atoms in total. The van der Waals surface area contributed by atoms with Gasteiger partial charge in [0.25, 0.3) is 11.8 Å². The quantitative estimate of drug-likeness (QED) is 0.340. The highest BCUT2D eigenvalue weighted by Crippen LogP contribution is 2.21. The van der Waals surface area contributed by atoms with Crippen LogP contribution in [0.1, 0.15) is 41.6 Å². The molecule has 0 unspecified atom stereocenters. The van der Waals surface area contributed by atoms with Crippen LogP contribution in [0.25, 0.3) is 0 Å². The molecule has 2 atom stereocenters. The molecule has 0 saturated carbocycles. The highest BCUT2D eigenvalue weighted by atomic mass is 16.6. The first-order chi connectivity index (χ1) is 17.8. The summed E-state index contributed by atoms with van der Waals surface area (Å²) in [6, 6.07) is 15.7. The number of amides is 3. The number of aliphatic carboxylic acids is 1. The SMILES string of the molecule is NC(=NC(=O)[C@@H]1CCCN1C(=O)c1ccccc1)N(CCC[C@H](N)C(=O)O)C(=O)OCc1ccccc1. The summed E-state index contributed by atoms with van der Waals surface area (Å²) in [6.07, 6.45) is 0.451. The Morgan fingerprint density at radius 2 is 1.73 bits per heavy atom. The normalized spacial score (nSPS) is 16.2. The van der Waals surface area contributed by atoms with Crippen molar-refractivity contribution < 1.29 is 29.0 Å². The molecule has 0 aliphatic carbocycles. The molecule has 1 fully saturated rings. The van der Waals surface area contributed by atoms with Crippen molar-refractivity contribution in [3.05, 3.63) is 71.8 Å². The summed E-state index contributed by atoms with van der Waals surface area (Å²) in [6.45, 7) is 0.304. The Balaban J connectivity index is 1.72. The molecule has 0 aromatic heterocycles. The lowest BCUT2D eigenvalue weighted by atomic mass is 10.1. The minimum atomic E-state index is -1.17. The number of carboxylic acid groups (broad SMARTS) is 1. The summed E-state index contributed by atoms with van der Waals surface area (Å²) >= 11 is 0. The fourth-order valence-corrected chi connectivity index (χ4v) is 3.95. The van der Waals surface area contributed by atoms with Crippen LogP contribution in [0.3, 0.4) is 0 Å². The number of rotatable bonds is 9. The Morgan fingerprint density at radius 3 is 2.38 bits per heavy atom. The van der Waals surface area contributed by atoms with Gasteiger partial charge in [-0.15, -0.1) is 0 Å². The van der Waals surface area contributed by atoms with Gasteiger partial charge in [-0.2, -0.15) is 4.99 Å². The molecule has 0 bridgehead atoms. The number of carbonyl (C=O) groups is 4. The second-order valence-electron chi connectivity index (χ2n) is 8.61. The van der Waals surface area contributed by atoms with Gasteiger partial charge in [-0.05, 0) is 43.4 Å². The molecule has 2 aromatic rings. The van der Waals surface area contributed by atoms with Crippen LogP contribution in [0.4, 0.5) is 4.79 Å². The smallest absolute Gasteiger partial charge is 0.416 e. The van der Waals surface area contributed by atoms with Gasteiger partial charge < -0.3 is 26.2 Å². The zero-order chi connectivity index (χ0) is 26.8. The number of carboxylic acids is 1. The summed E-state index contributed by atoms with van der Waals surface area (Å²) in [5.41, 5.74) is 12.8. The van der Waals surface area contributed by atoms with E-state index in [4.69, 9.17) is 21.3 Å². The zero-order valence-corrected chi connectivity index (χ0v) is 20.4. The van der Waals surface area contributed by atoms with E-state index in [0.717, 1.165) is 10.5 Å². The summed E-state index contributed by atoms with van der Waals surface area (Å²) < 4.78 is 5.34. The maximum atomic E-state index is 13.0. The van der Waals surface area contributed by atoms with E-state index in [2.05, 4.69) is 4.99 Å². The van der Waals surface area contributed by atoms with Crippen LogP contribution in [0, 0.1) is 0 Å². The van der Waals surface area contributed by atoms with Gasteiger partial charge in [0.1, 0.15) is 18.7 Å². The van der Waals surface area contributed by atoms with Crippen LogP contribution in [0.5, 0.6) is 0 Å². The predicted molar refractivity (Wildman–Crippen MR) is 135 cm³/mol. The number of hydrogen-bond donors (Lipinski definition) is 3. The molecule has 11 heteroatoms. The molecule has 1 saturated heterocycles. The van der Waals surface area contributed by atoms with Crippen LogP contribution in [-0.4, -0.2) is 69.9 Å². The standard InChI is InChI=1S/C26H31N5O6/c27-20(24(34)35)13-7-16-31(26(36)37-17-18-9-3-1-4-10-18)25(28)29-22(32)21-14-8-15-30(21)23(33)19-11-5-2-6-12-19/h1-6,9-12,20-21H,7-8,13-17,27H2,(H,34,35)(H2,28,29,32)/t20-,21-/m0/s1. The Hall–Kier alpha value is -4.25. The van der Waals surface area contributed by atoms with Crippen molar-refractivity contribution in [2.24, 2.45) is 16.5 Å². The fourth-order valence-electron chi connectivity index (χ4n) is 3.95. The first-order valence-electron chi connectivity index (χ1n) is 12.0. The van der Waals surface area contributed by atoms with Crippen LogP contribution in [0.15, 0.2) is 65.7 Å². The highest BCUT2D eigenvalue weighted by molar-refractivity contribution is 6.03. The average molecular weight is 510 g/mol. The van der Waals surface area contributed by atoms with E-state index in [1.165, 1.54) is 4.90 Å². The number of nitrogens with two attached hydrogens (primary N) is 2. The van der Waals surface area contributed by atoms with Gasteiger partial charge in [-0.25, -0.2) is 9.69 Å². The van der Waals surface area contributed by atoms with Crippen molar-refractivity contribution in [1.82, 2.24) is 9.80 Å². The number of hydrogen-bond acceptors (Lipinski definition) is 6. The molecular formula is C26H31N5O6. The van der Waals surface area contributed by atoms with E-state index < -0.39 is 36.0 Å². The summed E-state index contributed by atoms with van der Waals surface area (Å²) in [4.78, 5) is 56.2. The van der Waals surface area contributed by atoms with Crippen molar-refractivity contribution in [2.45, 2.75) is 44.4 Å². The predicted octanol–water partition coefficient (Wildman–Crippen LogP) is 1.96. The monoisotopic (exact) mass is 509 g/mol. The molecule has 0 spiro atoms. The van der Waals surface area contributed by atoms with Gasteiger partial charge in [0, 0.05) is 18.7 Å². The number of benzene rings is 2. The Labute approximate surface area is 214 Å². The van der Waals surface area contributed by atoms with E-state index in [0.29, 0.717) is 24.9 Å². The Bertz CT molecular complexity index is 1120. The third-order valence-corrected chi connectivity index (χ3v) is 5.96. The van der Waals surface area contributed by atoms with Crippen LogP contribution < -0.4 is 11.5 Å². The third-order valence-electron chi connectivity index (χ3n) is 5.96. The molecule has 3 amide bonds. The maximum Gasteiger partial charge on any atom is 0.416 e. The first kappa shape index (κ1) is 27.3. The molecule has 37 heavy (non-hydrogen) atoms. The van der Waals surface area contributed by atoms with E-state index in [9.17, 15) is 19.2 Å². The van der Waals surface area contributed by atoms with Gasteiger partial charge in [0.2, 0.25) is 5.96 Å². The molecule has 2 aromatic carbocycles. The van der Waals surface area contributed by atoms with Crippen LogP contribution >= 0.6 is 0 Å². The highest BCUT2D eigenvalue weighted by Gasteiger charge is 2.35. The van der Waals surface area contributed by atoms with Crippen LogP contribution in [-0.2, 0) is 20.9 Å². The van der Waals surface area contributed by atoms with Crippen molar-refractivity contribution in [1.29, 1.82) is 0 Å². The van der Waals surface area contributed by atoms with Crippen molar-refractivity contribution >= 4 is 29.8 Å². The number of guanidine groups is 1. The lowest BCUT2D eigenvalue weighted by Gasteiger charge is -2.24. The van der Waals surface area contributed by atoms with Gasteiger partial charge in [-0.3, -0.25) is 14.4 Å². The molecule has 1 heterocycles. The summed E-state index contributed by atoms with van der Waals surface area (Å²) in [5, 5.41) is 9.01. The van der Waals surface area contributed by atoms with Crippen molar-refractivity contribution in [3.63, 3.8) is 0 Å². The third kappa shape index (κ3) is 7.61. The molecule has 3 rings (SSSR count). The second-order valence-corrected chi connectivity index (χ2v) is 8.61.